The molecule has 15 heavy (non-hydrogen) atoms. The highest BCUT2D eigenvalue weighted by atomic mass is 14.9. The van der Waals surface area contributed by atoms with E-state index in [1.165, 1.54) is 16.7 Å². The predicted octanol–water partition coefficient (Wildman–Crippen LogP) is 2.55. The predicted molar refractivity (Wildman–Crippen MR) is 62.4 cm³/mol. The molecule has 0 radical (unpaired) electrons. The van der Waals surface area contributed by atoms with Gasteiger partial charge in [-0.3, -0.25) is 0 Å². The summed E-state index contributed by atoms with van der Waals surface area (Å²) in [5.41, 5.74) is 3.87. The van der Waals surface area contributed by atoms with Gasteiger partial charge in [0, 0.05) is 13.1 Å². The van der Waals surface area contributed by atoms with Gasteiger partial charge < -0.3 is 5.32 Å². The Hall–Kier alpha value is -1.33. The van der Waals surface area contributed by atoms with Crippen molar-refractivity contribution in [2.24, 2.45) is 5.92 Å². The second kappa shape index (κ2) is 5.53. The Labute approximate surface area is 91.9 Å². The number of hydrogen-bond acceptors (Lipinski definition) is 2. The Balaban J connectivity index is 2.48. The molecule has 0 saturated carbocycles. The molecule has 0 aliphatic rings. The van der Waals surface area contributed by atoms with Crippen LogP contribution in [0, 0.1) is 31.1 Å². The standard InChI is InChI=1S/C13H18N2/c1-10-4-11(2)6-13(5-10)9-15-8-12(3)7-14/h4-6,12,15H,8-9H2,1-3H3. The van der Waals surface area contributed by atoms with E-state index in [2.05, 4.69) is 43.4 Å². The fourth-order valence-corrected chi connectivity index (χ4v) is 1.65. The van der Waals surface area contributed by atoms with E-state index in [1.807, 2.05) is 6.92 Å². The van der Waals surface area contributed by atoms with Crippen LogP contribution in [0.3, 0.4) is 0 Å². The Morgan fingerprint density at radius 3 is 2.40 bits per heavy atom. The van der Waals surface area contributed by atoms with Gasteiger partial charge in [0.25, 0.3) is 0 Å². The van der Waals surface area contributed by atoms with Gasteiger partial charge in [-0.15, -0.1) is 0 Å². The molecule has 1 atom stereocenters. The molecule has 0 bridgehead atoms. The minimum atomic E-state index is 0.0795. The summed E-state index contributed by atoms with van der Waals surface area (Å²) in [6, 6.07) is 8.73. The monoisotopic (exact) mass is 202 g/mol. The zero-order valence-corrected chi connectivity index (χ0v) is 9.67. The van der Waals surface area contributed by atoms with E-state index in [4.69, 9.17) is 5.26 Å². The van der Waals surface area contributed by atoms with Crippen LogP contribution in [0.5, 0.6) is 0 Å². The Morgan fingerprint density at radius 1 is 1.27 bits per heavy atom. The molecule has 1 unspecified atom stereocenters. The normalized spacial score (nSPS) is 12.1. The van der Waals surface area contributed by atoms with Crippen molar-refractivity contribution in [3.8, 4) is 6.07 Å². The van der Waals surface area contributed by atoms with E-state index in [9.17, 15) is 0 Å². The fraction of sp³-hybridized carbons (Fsp3) is 0.462. The van der Waals surface area contributed by atoms with E-state index < -0.39 is 0 Å². The van der Waals surface area contributed by atoms with Crippen LogP contribution in [-0.4, -0.2) is 6.54 Å². The molecule has 0 saturated heterocycles. The number of aryl methyl sites for hydroxylation is 2. The summed E-state index contributed by atoms with van der Waals surface area (Å²) in [6.07, 6.45) is 0. The van der Waals surface area contributed by atoms with Gasteiger partial charge in [-0.25, -0.2) is 0 Å². The molecule has 1 aromatic rings. The quantitative estimate of drug-likeness (QED) is 0.814. The Bertz CT molecular complexity index is 343. The Morgan fingerprint density at radius 2 is 1.87 bits per heavy atom. The van der Waals surface area contributed by atoms with Crippen LogP contribution in [-0.2, 0) is 6.54 Å². The molecular formula is C13H18N2. The molecule has 1 N–H and O–H groups in total. The molecule has 0 fully saturated rings. The molecule has 1 rings (SSSR count). The molecule has 2 nitrogen and oxygen atoms in total. The van der Waals surface area contributed by atoms with Crippen LogP contribution in [0.15, 0.2) is 18.2 Å². The highest BCUT2D eigenvalue weighted by Gasteiger charge is 1.99. The largest absolute Gasteiger partial charge is 0.311 e. The van der Waals surface area contributed by atoms with Gasteiger partial charge in [0.2, 0.25) is 0 Å². The summed E-state index contributed by atoms with van der Waals surface area (Å²) in [7, 11) is 0. The lowest BCUT2D eigenvalue weighted by atomic mass is 10.1. The third kappa shape index (κ3) is 4.14. The first kappa shape index (κ1) is 11.7. The van der Waals surface area contributed by atoms with E-state index in [0.29, 0.717) is 0 Å². The summed E-state index contributed by atoms with van der Waals surface area (Å²) in [5.74, 6) is 0.0795. The van der Waals surface area contributed by atoms with Crippen molar-refractivity contribution in [3.05, 3.63) is 34.9 Å². The maximum Gasteiger partial charge on any atom is 0.0666 e. The first-order valence-electron chi connectivity index (χ1n) is 5.29. The van der Waals surface area contributed by atoms with Crippen molar-refractivity contribution in [1.82, 2.24) is 5.32 Å². The van der Waals surface area contributed by atoms with Crippen molar-refractivity contribution in [3.63, 3.8) is 0 Å². The summed E-state index contributed by atoms with van der Waals surface area (Å²) >= 11 is 0. The molecule has 0 aliphatic heterocycles. The van der Waals surface area contributed by atoms with E-state index >= 15 is 0 Å². The van der Waals surface area contributed by atoms with Gasteiger partial charge in [0.05, 0.1) is 12.0 Å². The molecule has 0 heterocycles. The first-order chi connectivity index (χ1) is 7.11. The van der Waals surface area contributed by atoms with Crippen molar-refractivity contribution >= 4 is 0 Å². The molecule has 0 aromatic heterocycles. The van der Waals surface area contributed by atoms with Crippen molar-refractivity contribution < 1.29 is 0 Å². The van der Waals surface area contributed by atoms with E-state index in [1.54, 1.807) is 0 Å². The maximum atomic E-state index is 8.63. The summed E-state index contributed by atoms with van der Waals surface area (Å²) in [4.78, 5) is 0. The molecule has 2 heteroatoms. The third-order valence-electron chi connectivity index (χ3n) is 2.28. The second-order valence-electron chi connectivity index (χ2n) is 4.16. The van der Waals surface area contributed by atoms with Crippen LogP contribution in [0.4, 0.5) is 0 Å². The van der Waals surface area contributed by atoms with E-state index in [-0.39, 0.29) is 5.92 Å². The van der Waals surface area contributed by atoms with Crippen molar-refractivity contribution in [2.75, 3.05) is 6.54 Å². The van der Waals surface area contributed by atoms with Gasteiger partial charge in [-0.05, 0) is 26.3 Å². The summed E-state index contributed by atoms with van der Waals surface area (Å²) in [6.45, 7) is 7.73. The second-order valence-corrected chi connectivity index (χ2v) is 4.16. The minimum Gasteiger partial charge on any atom is -0.311 e. The number of nitrogens with zero attached hydrogens (tertiary/aromatic N) is 1. The van der Waals surface area contributed by atoms with Gasteiger partial charge >= 0.3 is 0 Å². The molecule has 0 aliphatic carbocycles. The smallest absolute Gasteiger partial charge is 0.0666 e. The Kier molecular flexibility index (Phi) is 4.33. The van der Waals surface area contributed by atoms with Gasteiger partial charge in [-0.2, -0.15) is 5.26 Å². The van der Waals surface area contributed by atoms with Gasteiger partial charge in [0.1, 0.15) is 0 Å². The van der Waals surface area contributed by atoms with E-state index in [0.717, 1.165) is 13.1 Å². The number of nitrogens with one attached hydrogen (secondary N) is 1. The fourth-order valence-electron chi connectivity index (χ4n) is 1.65. The lowest BCUT2D eigenvalue weighted by Gasteiger charge is -2.07. The lowest BCUT2D eigenvalue weighted by molar-refractivity contribution is 0.601. The number of hydrogen-bond donors (Lipinski definition) is 1. The SMILES string of the molecule is Cc1cc(C)cc(CNCC(C)C#N)c1. The maximum absolute atomic E-state index is 8.63. The summed E-state index contributed by atoms with van der Waals surface area (Å²) < 4.78 is 0. The number of rotatable bonds is 4. The molecular weight excluding hydrogens is 184 g/mol. The molecule has 80 valence electrons. The van der Waals surface area contributed by atoms with Crippen LogP contribution in [0.25, 0.3) is 0 Å². The van der Waals surface area contributed by atoms with Crippen LogP contribution < -0.4 is 5.32 Å². The highest BCUT2D eigenvalue weighted by Crippen LogP contribution is 2.08. The summed E-state index contributed by atoms with van der Waals surface area (Å²) in [5, 5.41) is 11.9. The van der Waals surface area contributed by atoms with Crippen molar-refractivity contribution in [1.29, 1.82) is 5.26 Å². The third-order valence-corrected chi connectivity index (χ3v) is 2.28. The topological polar surface area (TPSA) is 35.8 Å². The zero-order valence-electron chi connectivity index (χ0n) is 9.67. The minimum absolute atomic E-state index is 0.0795. The molecule has 0 amide bonds. The lowest BCUT2D eigenvalue weighted by Crippen LogP contribution is -2.19. The average molecular weight is 202 g/mol. The van der Waals surface area contributed by atoms with Crippen molar-refractivity contribution in [2.45, 2.75) is 27.3 Å². The molecule has 1 aromatic carbocycles. The van der Waals surface area contributed by atoms with Gasteiger partial charge in [-0.1, -0.05) is 29.3 Å². The van der Waals surface area contributed by atoms with Crippen LogP contribution in [0.1, 0.15) is 23.6 Å². The zero-order chi connectivity index (χ0) is 11.3. The number of benzene rings is 1. The van der Waals surface area contributed by atoms with Crippen LogP contribution in [0.2, 0.25) is 0 Å². The average Bonchev–Trinajstić information content (AvgIpc) is 2.16. The van der Waals surface area contributed by atoms with Crippen LogP contribution >= 0.6 is 0 Å². The number of nitriles is 1. The molecule has 0 spiro atoms. The first-order valence-corrected chi connectivity index (χ1v) is 5.29. The van der Waals surface area contributed by atoms with Gasteiger partial charge in [0.15, 0.2) is 0 Å². The highest BCUT2D eigenvalue weighted by molar-refractivity contribution is 5.28.